The molecule has 1 unspecified atom stereocenters. The number of esters is 1. The fraction of sp³-hybridized carbons (Fsp3) is 0.533. The lowest BCUT2D eigenvalue weighted by Gasteiger charge is -2.44. The van der Waals surface area contributed by atoms with Gasteiger partial charge in [-0.25, -0.2) is 0 Å². The van der Waals surface area contributed by atoms with Gasteiger partial charge in [-0.1, -0.05) is 15.9 Å². The molecular formula is C15H17BrO5. The van der Waals surface area contributed by atoms with Crippen molar-refractivity contribution in [2.24, 2.45) is 5.92 Å². The maximum atomic E-state index is 12.3. The minimum Gasteiger partial charge on any atom is -0.466 e. The monoisotopic (exact) mass is 356 g/mol. The molecule has 1 aromatic rings. The molecule has 2 aliphatic heterocycles. The molecule has 3 rings (SSSR count). The summed E-state index contributed by atoms with van der Waals surface area (Å²) in [5, 5.41) is 10.5. The minimum absolute atomic E-state index is 0.246. The lowest BCUT2D eigenvalue weighted by molar-refractivity contribution is -0.224. The molecule has 0 bridgehead atoms. The van der Waals surface area contributed by atoms with Gasteiger partial charge in [-0.3, -0.25) is 4.79 Å². The number of halogens is 1. The fourth-order valence-electron chi connectivity index (χ4n) is 3.05. The zero-order valence-corrected chi connectivity index (χ0v) is 13.5. The van der Waals surface area contributed by atoms with Crippen molar-refractivity contribution in [3.05, 3.63) is 27.7 Å². The predicted molar refractivity (Wildman–Crippen MR) is 77.9 cm³/mol. The van der Waals surface area contributed by atoms with Crippen LogP contribution >= 0.6 is 15.9 Å². The number of aliphatic hydroxyl groups is 1. The van der Waals surface area contributed by atoms with Crippen molar-refractivity contribution < 1.29 is 24.1 Å². The molecule has 2 aliphatic rings. The summed E-state index contributed by atoms with van der Waals surface area (Å²) in [6, 6.07) is 3.66. The van der Waals surface area contributed by atoms with Crippen molar-refractivity contribution in [3.8, 4) is 5.75 Å². The summed E-state index contributed by atoms with van der Waals surface area (Å²) in [6.45, 7) is 3.94. The van der Waals surface area contributed by atoms with Crippen molar-refractivity contribution in [1.82, 2.24) is 0 Å². The largest absolute Gasteiger partial charge is 0.466 e. The molecule has 3 atom stereocenters. The molecule has 21 heavy (non-hydrogen) atoms. The SMILES string of the molecule is CCOC(=O)[C@@H]1C2OCCc3c(Br)ccc(c32)O[C@]1(C)O. The van der Waals surface area contributed by atoms with E-state index in [1.807, 2.05) is 6.07 Å². The van der Waals surface area contributed by atoms with Gasteiger partial charge in [0.1, 0.15) is 11.9 Å². The number of carbonyl (C=O) groups is 1. The highest BCUT2D eigenvalue weighted by molar-refractivity contribution is 9.10. The van der Waals surface area contributed by atoms with Crippen molar-refractivity contribution in [2.75, 3.05) is 13.2 Å². The molecule has 0 aliphatic carbocycles. The van der Waals surface area contributed by atoms with Gasteiger partial charge in [-0.2, -0.15) is 0 Å². The standard InChI is InChI=1S/C15H17BrO5/c1-3-19-14(17)12-13-11-8(6-7-20-13)9(16)4-5-10(11)21-15(12,2)18/h4-5,12-13,18H,3,6-7H2,1-2H3/t12-,13?,15-/m0/s1. The minimum atomic E-state index is -1.66. The molecule has 0 radical (unpaired) electrons. The van der Waals surface area contributed by atoms with Crippen molar-refractivity contribution in [3.63, 3.8) is 0 Å². The van der Waals surface area contributed by atoms with Crippen LogP contribution in [0.25, 0.3) is 0 Å². The average molecular weight is 357 g/mol. The molecule has 2 heterocycles. The summed E-state index contributed by atoms with van der Waals surface area (Å²) >= 11 is 3.52. The van der Waals surface area contributed by atoms with E-state index >= 15 is 0 Å². The summed E-state index contributed by atoms with van der Waals surface area (Å²) in [7, 11) is 0. The average Bonchev–Trinajstić information content (AvgIpc) is 2.42. The molecule has 0 saturated carbocycles. The van der Waals surface area contributed by atoms with Gasteiger partial charge in [-0.15, -0.1) is 0 Å². The van der Waals surface area contributed by atoms with Crippen LogP contribution in [0.4, 0.5) is 0 Å². The van der Waals surface area contributed by atoms with Crippen LogP contribution in [0.2, 0.25) is 0 Å². The topological polar surface area (TPSA) is 65.0 Å². The highest BCUT2D eigenvalue weighted by atomic mass is 79.9. The number of benzene rings is 1. The van der Waals surface area contributed by atoms with E-state index < -0.39 is 23.8 Å². The number of ether oxygens (including phenoxy) is 3. The van der Waals surface area contributed by atoms with E-state index in [0.717, 1.165) is 22.0 Å². The van der Waals surface area contributed by atoms with Crippen LogP contribution in [0, 0.1) is 5.92 Å². The first kappa shape index (κ1) is 14.8. The first-order chi connectivity index (χ1) is 9.95. The van der Waals surface area contributed by atoms with Crippen molar-refractivity contribution in [2.45, 2.75) is 32.2 Å². The molecule has 0 spiro atoms. The molecule has 5 nitrogen and oxygen atoms in total. The molecule has 0 saturated heterocycles. The van der Waals surface area contributed by atoms with E-state index in [1.165, 1.54) is 6.92 Å². The van der Waals surface area contributed by atoms with Crippen LogP contribution < -0.4 is 4.74 Å². The smallest absolute Gasteiger partial charge is 0.318 e. The summed E-state index contributed by atoms with van der Waals surface area (Å²) in [4.78, 5) is 12.3. The normalized spacial score (nSPS) is 30.3. The molecule has 114 valence electrons. The van der Waals surface area contributed by atoms with E-state index in [0.29, 0.717) is 12.4 Å². The van der Waals surface area contributed by atoms with Crippen LogP contribution in [-0.2, 0) is 20.7 Å². The Morgan fingerprint density at radius 3 is 3.05 bits per heavy atom. The zero-order valence-electron chi connectivity index (χ0n) is 11.9. The van der Waals surface area contributed by atoms with Crippen LogP contribution in [0.15, 0.2) is 16.6 Å². The maximum Gasteiger partial charge on any atom is 0.318 e. The van der Waals surface area contributed by atoms with Gasteiger partial charge < -0.3 is 19.3 Å². The molecule has 1 aromatic carbocycles. The second-order valence-corrected chi connectivity index (χ2v) is 6.22. The Morgan fingerprint density at radius 1 is 1.57 bits per heavy atom. The Balaban J connectivity index is 2.12. The lowest BCUT2D eigenvalue weighted by Crippen LogP contribution is -2.52. The first-order valence-electron chi connectivity index (χ1n) is 6.96. The Kier molecular flexibility index (Phi) is 3.71. The second kappa shape index (κ2) is 5.26. The number of rotatable bonds is 2. The molecular weight excluding hydrogens is 340 g/mol. The second-order valence-electron chi connectivity index (χ2n) is 5.37. The number of hydrogen-bond acceptors (Lipinski definition) is 5. The summed E-state index contributed by atoms with van der Waals surface area (Å²) in [5.74, 6) is -2.51. The highest BCUT2D eigenvalue weighted by Crippen LogP contribution is 2.50. The van der Waals surface area contributed by atoms with E-state index in [9.17, 15) is 9.90 Å². The van der Waals surface area contributed by atoms with E-state index in [4.69, 9.17) is 14.2 Å². The Hall–Kier alpha value is -1.11. The number of carbonyl (C=O) groups excluding carboxylic acids is 1. The van der Waals surface area contributed by atoms with Crippen LogP contribution in [0.3, 0.4) is 0 Å². The molecule has 1 N–H and O–H groups in total. The zero-order chi connectivity index (χ0) is 15.2. The summed E-state index contributed by atoms with van der Waals surface area (Å²) in [6.07, 6.45) is 0.186. The van der Waals surface area contributed by atoms with Crippen LogP contribution in [0.5, 0.6) is 5.75 Å². The van der Waals surface area contributed by atoms with Gasteiger partial charge in [0.15, 0.2) is 5.92 Å². The quantitative estimate of drug-likeness (QED) is 0.824. The van der Waals surface area contributed by atoms with Crippen LogP contribution in [-0.4, -0.2) is 30.1 Å². The fourth-order valence-corrected chi connectivity index (χ4v) is 3.59. The van der Waals surface area contributed by atoms with E-state index in [2.05, 4.69) is 15.9 Å². The van der Waals surface area contributed by atoms with Crippen molar-refractivity contribution in [1.29, 1.82) is 0 Å². The van der Waals surface area contributed by atoms with Gasteiger partial charge in [0, 0.05) is 17.0 Å². The van der Waals surface area contributed by atoms with Gasteiger partial charge in [0.25, 0.3) is 0 Å². The number of hydrogen-bond donors (Lipinski definition) is 1. The van der Waals surface area contributed by atoms with Gasteiger partial charge in [0.2, 0.25) is 5.79 Å². The predicted octanol–water partition coefficient (Wildman–Crippen LogP) is 2.34. The Morgan fingerprint density at radius 2 is 2.33 bits per heavy atom. The summed E-state index contributed by atoms with van der Waals surface area (Å²) in [5.41, 5.74) is 1.90. The van der Waals surface area contributed by atoms with Gasteiger partial charge in [-0.05, 0) is 31.0 Å². The van der Waals surface area contributed by atoms with Crippen LogP contribution in [0.1, 0.15) is 31.1 Å². The molecule has 0 amide bonds. The van der Waals surface area contributed by atoms with E-state index in [1.54, 1.807) is 13.0 Å². The molecule has 0 aromatic heterocycles. The highest BCUT2D eigenvalue weighted by Gasteiger charge is 2.53. The first-order valence-corrected chi connectivity index (χ1v) is 7.76. The summed E-state index contributed by atoms with van der Waals surface area (Å²) < 4.78 is 17.5. The molecule has 6 heteroatoms. The third kappa shape index (κ3) is 2.35. The van der Waals surface area contributed by atoms with Gasteiger partial charge >= 0.3 is 5.97 Å². The van der Waals surface area contributed by atoms with Gasteiger partial charge in [0.05, 0.1) is 13.2 Å². The van der Waals surface area contributed by atoms with Crippen molar-refractivity contribution >= 4 is 21.9 Å². The maximum absolute atomic E-state index is 12.3. The lowest BCUT2D eigenvalue weighted by atomic mass is 9.82. The Bertz CT molecular complexity index is 584. The Labute approximate surface area is 131 Å². The molecule has 0 fully saturated rings. The van der Waals surface area contributed by atoms with E-state index in [-0.39, 0.29) is 6.61 Å². The third-order valence-corrected chi connectivity index (χ3v) is 4.67. The third-order valence-electron chi connectivity index (χ3n) is 3.93.